The lowest BCUT2D eigenvalue weighted by Gasteiger charge is -2.23. The molecule has 1 amide bonds. The van der Waals surface area contributed by atoms with E-state index in [0.29, 0.717) is 31.0 Å². The van der Waals surface area contributed by atoms with Gasteiger partial charge in [0, 0.05) is 13.0 Å². The van der Waals surface area contributed by atoms with Crippen molar-refractivity contribution in [1.82, 2.24) is 9.88 Å². The molecule has 2 aromatic rings. The molecule has 0 saturated carbocycles. The highest BCUT2D eigenvalue weighted by molar-refractivity contribution is 5.92. The van der Waals surface area contributed by atoms with Crippen LogP contribution in [-0.4, -0.2) is 34.0 Å². The number of amides is 1. The number of likely N-dealkylation sites (tertiary alicyclic amines) is 1. The summed E-state index contributed by atoms with van der Waals surface area (Å²) in [6.45, 7) is 4.49. The molecule has 1 aromatic heterocycles. The van der Waals surface area contributed by atoms with Crippen molar-refractivity contribution in [3.05, 3.63) is 53.2 Å². The number of nitrogens with zero attached hydrogens (tertiary/aromatic N) is 2. The highest BCUT2D eigenvalue weighted by Crippen LogP contribution is 2.32. The normalized spacial score (nSPS) is 21.3. The van der Waals surface area contributed by atoms with E-state index in [-0.39, 0.29) is 18.2 Å². The van der Waals surface area contributed by atoms with E-state index < -0.39 is 5.60 Å². The number of oxazole rings is 1. The van der Waals surface area contributed by atoms with Gasteiger partial charge in [-0.3, -0.25) is 4.79 Å². The summed E-state index contributed by atoms with van der Waals surface area (Å²) < 4.78 is 5.53. The third kappa shape index (κ3) is 2.52. The largest absolute Gasteiger partial charge is 0.435 e. The summed E-state index contributed by atoms with van der Waals surface area (Å²) in [5.41, 5.74) is 0.462. The third-order valence-corrected chi connectivity index (χ3v) is 4.18. The Bertz CT molecular complexity index is 680. The van der Waals surface area contributed by atoms with Crippen molar-refractivity contribution in [2.75, 3.05) is 13.1 Å². The van der Waals surface area contributed by atoms with Crippen LogP contribution in [0.25, 0.3) is 0 Å². The first-order valence-electron chi connectivity index (χ1n) is 7.57. The van der Waals surface area contributed by atoms with Crippen LogP contribution in [0.3, 0.4) is 0 Å². The van der Waals surface area contributed by atoms with Crippen LogP contribution < -0.4 is 0 Å². The van der Waals surface area contributed by atoms with Crippen molar-refractivity contribution < 1.29 is 14.3 Å². The van der Waals surface area contributed by atoms with E-state index in [1.807, 2.05) is 37.3 Å². The standard InChI is InChI=1S/C17H20N2O3/c1-3-14-18-12(2)15(22-14)16(20)19-10-9-17(21,11-19)13-7-5-4-6-8-13/h4-8,21H,3,9-11H2,1-2H3/t17-/m0/s1. The second-order valence-corrected chi connectivity index (χ2v) is 5.75. The van der Waals surface area contributed by atoms with Gasteiger partial charge in [0.2, 0.25) is 5.76 Å². The zero-order valence-electron chi connectivity index (χ0n) is 12.9. The maximum atomic E-state index is 12.6. The van der Waals surface area contributed by atoms with Crippen molar-refractivity contribution in [1.29, 1.82) is 0 Å². The fourth-order valence-electron chi connectivity index (χ4n) is 2.90. The molecule has 0 aliphatic carbocycles. The molecule has 22 heavy (non-hydrogen) atoms. The summed E-state index contributed by atoms with van der Waals surface area (Å²) in [5, 5.41) is 10.8. The topological polar surface area (TPSA) is 66.6 Å². The van der Waals surface area contributed by atoms with Crippen molar-refractivity contribution >= 4 is 5.91 Å². The molecule has 1 aromatic carbocycles. The molecule has 1 aliphatic rings. The minimum atomic E-state index is -0.988. The van der Waals surface area contributed by atoms with Gasteiger partial charge in [-0.1, -0.05) is 37.3 Å². The smallest absolute Gasteiger partial charge is 0.291 e. The second-order valence-electron chi connectivity index (χ2n) is 5.75. The maximum absolute atomic E-state index is 12.6. The van der Waals surface area contributed by atoms with E-state index >= 15 is 0 Å². The second kappa shape index (κ2) is 5.57. The average molecular weight is 300 g/mol. The van der Waals surface area contributed by atoms with Gasteiger partial charge in [-0.15, -0.1) is 0 Å². The van der Waals surface area contributed by atoms with Crippen LogP contribution in [0.1, 0.15) is 41.0 Å². The number of hydrogen-bond acceptors (Lipinski definition) is 4. The Balaban J connectivity index is 1.80. The number of rotatable bonds is 3. The van der Waals surface area contributed by atoms with Gasteiger partial charge < -0.3 is 14.4 Å². The Kier molecular flexibility index (Phi) is 3.74. The molecule has 5 nitrogen and oxygen atoms in total. The van der Waals surface area contributed by atoms with E-state index in [1.54, 1.807) is 11.8 Å². The predicted octanol–water partition coefficient (Wildman–Crippen LogP) is 2.28. The van der Waals surface area contributed by atoms with Gasteiger partial charge in [0.25, 0.3) is 5.91 Å². The predicted molar refractivity (Wildman–Crippen MR) is 81.5 cm³/mol. The van der Waals surface area contributed by atoms with Crippen molar-refractivity contribution in [2.24, 2.45) is 0 Å². The molecule has 2 heterocycles. The molecule has 1 fully saturated rings. The molecule has 0 bridgehead atoms. The van der Waals surface area contributed by atoms with E-state index in [1.165, 1.54) is 0 Å². The molecular weight excluding hydrogens is 280 g/mol. The van der Waals surface area contributed by atoms with Gasteiger partial charge in [0.05, 0.1) is 12.2 Å². The zero-order valence-corrected chi connectivity index (χ0v) is 12.9. The highest BCUT2D eigenvalue weighted by atomic mass is 16.4. The Labute approximate surface area is 129 Å². The summed E-state index contributed by atoms with van der Waals surface area (Å²) in [5.74, 6) is 0.657. The lowest BCUT2D eigenvalue weighted by Crippen LogP contribution is -2.34. The number of aromatic nitrogens is 1. The van der Waals surface area contributed by atoms with Crippen LogP contribution in [0, 0.1) is 6.92 Å². The number of β-amino-alcohol motifs (C(OH)–C–C–N with tert-alkyl or cyclic N) is 1. The number of carbonyl (C=O) groups excluding carboxylic acids is 1. The van der Waals surface area contributed by atoms with E-state index in [4.69, 9.17) is 4.42 Å². The minimum absolute atomic E-state index is 0.198. The number of benzene rings is 1. The number of aliphatic hydroxyl groups is 1. The molecule has 1 saturated heterocycles. The molecule has 5 heteroatoms. The first-order valence-corrected chi connectivity index (χ1v) is 7.57. The maximum Gasteiger partial charge on any atom is 0.291 e. The Morgan fingerprint density at radius 2 is 2.14 bits per heavy atom. The average Bonchev–Trinajstić information content (AvgIpc) is 3.12. The summed E-state index contributed by atoms with van der Waals surface area (Å²) in [6, 6.07) is 9.48. The van der Waals surface area contributed by atoms with E-state index in [2.05, 4.69) is 4.98 Å². The minimum Gasteiger partial charge on any atom is -0.435 e. The molecule has 0 radical (unpaired) electrons. The Morgan fingerprint density at radius 1 is 1.41 bits per heavy atom. The van der Waals surface area contributed by atoms with Gasteiger partial charge in [-0.05, 0) is 18.9 Å². The summed E-state index contributed by atoms with van der Waals surface area (Å²) >= 11 is 0. The third-order valence-electron chi connectivity index (χ3n) is 4.18. The van der Waals surface area contributed by atoms with Crippen molar-refractivity contribution in [3.8, 4) is 0 Å². The van der Waals surface area contributed by atoms with Gasteiger partial charge in [0.1, 0.15) is 5.60 Å². The quantitative estimate of drug-likeness (QED) is 0.944. The number of carbonyl (C=O) groups is 1. The molecule has 3 rings (SSSR count). The fraction of sp³-hybridized carbons (Fsp3) is 0.412. The zero-order chi connectivity index (χ0) is 15.7. The molecule has 0 unspecified atom stereocenters. The lowest BCUT2D eigenvalue weighted by atomic mass is 9.93. The Hall–Kier alpha value is -2.14. The van der Waals surface area contributed by atoms with Crippen molar-refractivity contribution in [3.63, 3.8) is 0 Å². The van der Waals surface area contributed by atoms with Gasteiger partial charge >= 0.3 is 0 Å². The van der Waals surface area contributed by atoms with Crippen LogP contribution >= 0.6 is 0 Å². The van der Waals surface area contributed by atoms with Crippen LogP contribution in [0.15, 0.2) is 34.7 Å². The monoisotopic (exact) mass is 300 g/mol. The van der Waals surface area contributed by atoms with Crippen LogP contribution in [-0.2, 0) is 12.0 Å². The number of hydrogen-bond donors (Lipinski definition) is 1. The number of aryl methyl sites for hydroxylation is 2. The van der Waals surface area contributed by atoms with E-state index in [0.717, 1.165) is 5.56 Å². The van der Waals surface area contributed by atoms with Gasteiger partial charge in [0.15, 0.2) is 5.89 Å². The summed E-state index contributed by atoms with van der Waals surface area (Å²) in [7, 11) is 0. The lowest BCUT2D eigenvalue weighted by molar-refractivity contribution is 0.0407. The van der Waals surface area contributed by atoms with Gasteiger partial charge in [-0.2, -0.15) is 0 Å². The molecule has 1 atom stereocenters. The summed E-state index contributed by atoms with van der Waals surface area (Å²) in [6.07, 6.45) is 1.18. The fourth-order valence-corrected chi connectivity index (χ4v) is 2.90. The molecule has 1 aliphatic heterocycles. The van der Waals surface area contributed by atoms with Crippen LogP contribution in [0.2, 0.25) is 0 Å². The highest BCUT2D eigenvalue weighted by Gasteiger charge is 2.40. The van der Waals surface area contributed by atoms with Crippen LogP contribution in [0.4, 0.5) is 0 Å². The Morgan fingerprint density at radius 3 is 2.77 bits per heavy atom. The van der Waals surface area contributed by atoms with Crippen LogP contribution in [0.5, 0.6) is 0 Å². The molecular formula is C17H20N2O3. The molecule has 1 N–H and O–H groups in total. The first-order chi connectivity index (χ1) is 10.5. The molecule has 116 valence electrons. The summed E-state index contributed by atoms with van der Waals surface area (Å²) in [4.78, 5) is 18.5. The van der Waals surface area contributed by atoms with Crippen molar-refractivity contribution in [2.45, 2.75) is 32.3 Å². The first kappa shape index (κ1) is 14.8. The van der Waals surface area contributed by atoms with Gasteiger partial charge in [-0.25, -0.2) is 4.98 Å². The molecule has 0 spiro atoms. The SMILES string of the molecule is CCc1nc(C)c(C(=O)N2CC[C@@](O)(c3ccccc3)C2)o1. The van der Waals surface area contributed by atoms with E-state index in [9.17, 15) is 9.90 Å².